The van der Waals surface area contributed by atoms with Crippen LogP contribution in [0.1, 0.15) is 25.7 Å². The van der Waals surface area contributed by atoms with Gasteiger partial charge in [0.25, 0.3) is 0 Å². The monoisotopic (exact) mass is 254 g/mol. The molecule has 4 saturated heterocycles. The van der Waals surface area contributed by atoms with Crippen LogP contribution in [0.2, 0.25) is 0 Å². The largest absolute Gasteiger partial charge is 0.481 e. The maximum atomic E-state index is 11.9. The van der Waals surface area contributed by atoms with Gasteiger partial charge in [0.15, 0.2) is 0 Å². The van der Waals surface area contributed by atoms with Crippen molar-refractivity contribution in [1.29, 1.82) is 0 Å². The molecule has 0 radical (unpaired) electrons. The Hall–Kier alpha value is -1.14. The fourth-order valence-corrected chi connectivity index (χ4v) is 5.00. The topological polar surface area (TPSA) is 93.1 Å². The maximum Gasteiger partial charge on any atom is 0.316 e. The van der Waals surface area contributed by atoms with E-state index in [0.717, 1.165) is 0 Å². The highest BCUT2D eigenvalue weighted by Crippen LogP contribution is 2.71. The number of carboxylic acid groups (broad SMARTS) is 2. The van der Waals surface area contributed by atoms with Gasteiger partial charge in [-0.2, -0.15) is 0 Å². The van der Waals surface area contributed by atoms with Gasteiger partial charge in [0.1, 0.15) is 10.8 Å². The van der Waals surface area contributed by atoms with Crippen LogP contribution in [-0.2, 0) is 19.1 Å². The minimum Gasteiger partial charge on any atom is -0.481 e. The first-order chi connectivity index (χ1) is 8.56. The Morgan fingerprint density at radius 2 is 1.06 bits per heavy atom. The number of rotatable bonds is 2. The van der Waals surface area contributed by atoms with Crippen LogP contribution >= 0.6 is 0 Å². The van der Waals surface area contributed by atoms with Crippen LogP contribution in [-0.4, -0.2) is 46.6 Å². The number of ether oxygens (including phenoxy) is 2. The van der Waals surface area contributed by atoms with Crippen molar-refractivity contribution in [2.75, 3.05) is 0 Å². The van der Waals surface area contributed by atoms with Crippen molar-refractivity contribution in [2.24, 2.45) is 10.8 Å². The highest BCUT2D eigenvalue weighted by Gasteiger charge is 2.86. The molecule has 6 heteroatoms. The second-order valence-corrected chi connectivity index (χ2v) is 5.73. The maximum absolute atomic E-state index is 11.9. The van der Waals surface area contributed by atoms with Crippen molar-refractivity contribution in [3.8, 4) is 0 Å². The Kier molecular flexibility index (Phi) is 1.72. The lowest BCUT2D eigenvalue weighted by molar-refractivity contribution is -0.176. The molecule has 0 saturated carbocycles. The highest BCUT2D eigenvalue weighted by molar-refractivity contribution is 5.91. The fraction of sp³-hybridized carbons (Fsp3) is 0.833. The van der Waals surface area contributed by atoms with Gasteiger partial charge < -0.3 is 19.7 Å². The van der Waals surface area contributed by atoms with Crippen molar-refractivity contribution in [3.05, 3.63) is 0 Å². The first kappa shape index (κ1) is 10.8. The molecule has 0 aromatic carbocycles. The smallest absolute Gasteiger partial charge is 0.316 e. The van der Waals surface area contributed by atoms with Crippen LogP contribution in [0.15, 0.2) is 0 Å². The summed E-state index contributed by atoms with van der Waals surface area (Å²) < 4.78 is 11.4. The summed E-state index contributed by atoms with van der Waals surface area (Å²) in [6.45, 7) is 0. The van der Waals surface area contributed by atoms with E-state index in [1.807, 2.05) is 0 Å². The quantitative estimate of drug-likeness (QED) is 0.733. The third-order valence-corrected chi connectivity index (χ3v) is 5.46. The lowest BCUT2D eigenvalue weighted by atomic mass is 9.50. The second kappa shape index (κ2) is 2.88. The molecular formula is C12H14O6. The van der Waals surface area contributed by atoms with Crippen LogP contribution in [0.5, 0.6) is 0 Å². The van der Waals surface area contributed by atoms with E-state index in [9.17, 15) is 19.8 Å². The molecular weight excluding hydrogens is 240 g/mol. The molecule has 0 spiro atoms. The Labute approximate surface area is 103 Å². The molecule has 2 unspecified atom stereocenters. The average molecular weight is 254 g/mol. The molecule has 98 valence electrons. The van der Waals surface area contributed by atoms with E-state index < -0.39 is 47.2 Å². The number of hydrogen-bond donors (Lipinski definition) is 2. The highest BCUT2D eigenvalue weighted by atomic mass is 16.6. The molecule has 0 aliphatic carbocycles. The molecule has 18 heavy (non-hydrogen) atoms. The Morgan fingerprint density at radius 3 is 1.28 bits per heavy atom. The van der Waals surface area contributed by atoms with Crippen LogP contribution in [0.25, 0.3) is 0 Å². The summed E-state index contributed by atoms with van der Waals surface area (Å²) >= 11 is 0. The van der Waals surface area contributed by atoms with Gasteiger partial charge in [-0.1, -0.05) is 0 Å². The first-order valence-electron chi connectivity index (χ1n) is 6.34. The minimum absolute atomic E-state index is 0.508. The molecule has 6 atom stereocenters. The number of aliphatic carboxylic acids is 2. The molecule has 4 rings (SSSR count). The minimum atomic E-state index is -1.37. The summed E-state index contributed by atoms with van der Waals surface area (Å²) in [5, 5.41) is 19.4. The molecule has 4 aliphatic rings. The Bertz CT molecular complexity index is 395. The summed E-state index contributed by atoms with van der Waals surface area (Å²) in [7, 11) is 0. The van der Waals surface area contributed by atoms with E-state index >= 15 is 0 Å². The zero-order valence-corrected chi connectivity index (χ0v) is 9.67. The van der Waals surface area contributed by atoms with E-state index in [1.54, 1.807) is 0 Å². The SMILES string of the molecule is O=C(O)C12[C@@H]3CC[C@@H](O3)C1(C(=O)O)[C@H]1CC[C@H]2O1. The van der Waals surface area contributed by atoms with E-state index in [2.05, 4.69) is 0 Å². The zero-order chi connectivity index (χ0) is 12.7. The van der Waals surface area contributed by atoms with Crippen molar-refractivity contribution >= 4 is 11.9 Å². The van der Waals surface area contributed by atoms with Crippen LogP contribution in [0.4, 0.5) is 0 Å². The van der Waals surface area contributed by atoms with Gasteiger partial charge in [-0.15, -0.1) is 0 Å². The lowest BCUT2D eigenvalue weighted by Crippen LogP contribution is -2.64. The van der Waals surface area contributed by atoms with Gasteiger partial charge in [-0.05, 0) is 25.7 Å². The van der Waals surface area contributed by atoms with Gasteiger partial charge in [0.05, 0.1) is 24.4 Å². The summed E-state index contributed by atoms with van der Waals surface area (Å²) in [5.74, 6) is -2.13. The fourth-order valence-electron chi connectivity index (χ4n) is 5.00. The third kappa shape index (κ3) is 0.746. The van der Waals surface area contributed by atoms with Crippen LogP contribution in [0.3, 0.4) is 0 Å². The van der Waals surface area contributed by atoms with Gasteiger partial charge in [0, 0.05) is 0 Å². The van der Waals surface area contributed by atoms with Crippen molar-refractivity contribution in [2.45, 2.75) is 50.1 Å². The van der Waals surface area contributed by atoms with Crippen molar-refractivity contribution < 1.29 is 29.3 Å². The van der Waals surface area contributed by atoms with Crippen LogP contribution < -0.4 is 0 Å². The molecule has 4 fully saturated rings. The predicted octanol–water partition coefficient (Wildman–Crippen LogP) is 0.251. The van der Waals surface area contributed by atoms with Gasteiger partial charge in [-0.3, -0.25) is 9.59 Å². The number of carboxylic acids is 2. The Morgan fingerprint density at radius 1 is 0.778 bits per heavy atom. The molecule has 0 aromatic heterocycles. The van der Waals surface area contributed by atoms with Crippen LogP contribution in [0, 0.1) is 10.8 Å². The molecule has 4 heterocycles. The zero-order valence-electron chi connectivity index (χ0n) is 9.67. The predicted molar refractivity (Wildman–Crippen MR) is 55.9 cm³/mol. The van der Waals surface area contributed by atoms with E-state index in [-0.39, 0.29) is 0 Å². The molecule has 0 amide bonds. The number of carbonyl (C=O) groups is 2. The summed E-state index contributed by atoms with van der Waals surface area (Å²) in [5.41, 5.74) is -2.74. The van der Waals surface area contributed by atoms with Crippen molar-refractivity contribution in [1.82, 2.24) is 0 Å². The van der Waals surface area contributed by atoms with Crippen molar-refractivity contribution in [3.63, 3.8) is 0 Å². The van der Waals surface area contributed by atoms with E-state index in [4.69, 9.17) is 9.47 Å². The molecule has 6 nitrogen and oxygen atoms in total. The molecule has 2 N–H and O–H groups in total. The number of hydrogen-bond acceptors (Lipinski definition) is 4. The van der Waals surface area contributed by atoms with Gasteiger partial charge >= 0.3 is 11.9 Å². The second-order valence-electron chi connectivity index (χ2n) is 5.73. The molecule has 4 aliphatic heterocycles. The summed E-state index contributed by atoms with van der Waals surface area (Å²) in [6, 6.07) is 0. The first-order valence-corrected chi connectivity index (χ1v) is 6.34. The Balaban J connectivity index is 2.00. The summed E-state index contributed by atoms with van der Waals surface area (Å²) in [6.07, 6.45) is 0.462. The van der Waals surface area contributed by atoms with E-state index in [1.165, 1.54) is 0 Å². The van der Waals surface area contributed by atoms with E-state index in [0.29, 0.717) is 25.7 Å². The standard InChI is InChI=1S/C12H14O6/c13-9(14)11-5-1-2-6(17-5)12(11,10(15)16)8-4-3-7(11)18-8/h5-8H,1-4H2,(H,13,14)(H,15,16)/t5-,6-,7-,8+,11?,12?/m1/s1. The van der Waals surface area contributed by atoms with Gasteiger partial charge in [0.2, 0.25) is 0 Å². The third-order valence-electron chi connectivity index (χ3n) is 5.46. The number of fused-ring (bicyclic) bond motifs is 9. The molecule has 4 bridgehead atoms. The molecule has 0 aromatic rings. The lowest BCUT2D eigenvalue weighted by Gasteiger charge is -2.45. The average Bonchev–Trinajstić information content (AvgIpc) is 3.05. The normalized spacial score (nSPS) is 55.8. The van der Waals surface area contributed by atoms with Gasteiger partial charge in [-0.25, -0.2) is 0 Å². The summed E-state index contributed by atoms with van der Waals surface area (Å²) in [4.78, 5) is 23.7.